The van der Waals surface area contributed by atoms with E-state index in [4.69, 9.17) is 5.73 Å². The fourth-order valence-electron chi connectivity index (χ4n) is 2.34. The molecule has 24 heavy (non-hydrogen) atoms. The van der Waals surface area contributed by atoms with Crippen LogP contribution in [0.15, 0.2) is 18.2 Å². The van der Waals surface area contributed by atoms with Crippen molar-refractivity contribution in [2.24, 2.45) is 5.73 Å². The number of carbonyl (C=O) groups excluding carboxylic acids is 3. The monoisotopic (exact) mass is 339 g/mol. The Kier molecular flexibility index (Phi) is 5.28. The molecule has 8 heteroatoms. The predicted molar refractivity (Wildman–Crippen MR) is 83.1 cm³/mol. The van der Waals surface area contributed by atoms with Gasteiger partial charge in [0.1, 0.15) is 0 Å². The lowest BCUT2D eigenvalue weighted by molar-refractivity contribution is 0.0118. The summed E-state index contributed by atoms with van der Waals surface area (Å²) in [6.07, 6.45) is 1.52. The third-order valence-electron chi connectivity index (χ3n) is 3.77. The van der Waals surface area contributed by atoms with Crippen molar-refractivity contribution in [1.29, 1.82) is 0 Å². The van der Waals surface area contributed by atoms with Crippen molar-refractivity contribution in [2.45, 2.75) is 25.7 Å². The Balaban J connectivity index is 2.16. The SMILES string of the molecule is CCCCN1C(=O)c2ccc(C(=O)NCC(F)(F)CN)cc2C1=O. The second-order valence-corrected chi connectivity index (χ2v) is 5.62. The maximum Gasteiger partial charge on any atom is 0.277 e. The van der Waals surface area contributed by atoms with Crippen molar-refractivity contribution in [1.82, 2.24) is 10.2 Å². The molecule has 0 aliphatic carbocycles. The first-order valence-corrected chi connectivity index (χ1v) is 7.67. The van der Waals surface area contributed by atoms with E-state index in [9.17, 15) is 23.2 Å². The first kappa shape index (κ1) is 18.0. The van der Waals surface area contributed by atoms with Crippen LogP contribution in [0, 0.1) is 0 Å². The van der Waals surface area contributed by atoms with Gasteiger partial charge in [0.15, 0.2) is 0 Å². The molecule has 0 radical (unpaired) electrons. The van der Waals surface area contributed by atoms with Crippen molar-refractivity contribution in [3.8, 4) is 0 Å². The molecule has 0 spiro atoms. The summed E-state index contributed by atoms with van der Waals surface area (Å²) in [5.41, 5.74) is 5.29. The maximum atomic E-state index is 13.1. The third kappa shape index (κ3) is 3.59. The van der Waals surface area contributed by atoms with E-state index in [1.165, 1.54) is 18.2 Å². The first-order chi connectivity index (χ1) is 11.3. The molecule has 1 aliphatic heterocycles. The van der Waals surface area contributed by atoms with Crippen LogP contribution in [-0.4, -0.2) is 48.2 Å². The average molecular weight is 339 g/mol. The summed E-state index contributed by atoms with van der Waals surface area (Å²) in [6, 6.07) is 3.97. The summed E-state index contributed by atoms with van der Waals surface area (Å²) in [7, 11) is 0. The Morgan fingerprint density at radius 3 is 2.54 bits per heavy atom. The molecule has 1 aromatic carbocycles. The smallest absolute Gasteiger partial charge is 0.277 e. The van der Waals surface area contributed by atoms with Crippen molar-refractivity contribution < 1.29 is 23.2 Å². The van der Waals surface area contributed by atoms with E-state index in [1.54, 1.807) is 0 Å². The minimum Gasteiger partial charge on any atom is -0.346 e. The van der Waals surface area contributed by atoms with Crippen LogP contribution in [0.5, 0.6) is 0 Å². The van der Waals surface area contributed by atoms with Crippen LogP contribution in [0.25, 0.3) is 0 Å². The number of fused-ring (bicyclic) bond motifs is 1. The van der Waals surface area contributed by atoms with Crippen LogP contribution in [0.3, 0.4) is 0 Å². The summed E-state index contributed by atoms with van der Waals surface area (Å²) in [4.78, 5) is 37.6. The normalized spacial score (nSPS) is 14.1. The van der Waals surface area contributed by atoms with E-state index >= 15 is 0 Å². The number of nitrogens with zero attached hydrogens (tertiary/aromatic N) is 1. The second-order valence-electron chi connectivity index (χ2n) is 5.62. The Hall–Kier alpha value is -2.35. The molecule has 0 bridgehead atoms. The fourth-order valence-corrected chi connectivity index (χ4v) is 2.34. The van der Waals surface area contributed by atoms with Crippen LogP contribution in [0.4, 0.5) is 8.78 Å². The number of carbonyl (C=O) groups is 3. The van der Waals surface area contributed by atoms with E-state index in [0.717, 1.165) is 11.3 Å². The standard InChI is InChI=1S/C16H19F2N3O3/c1-2-3-6-21-14(23)11-5-4-10(7-12(11)15(21)24)13(22)20-9-16(17,18)8-19/h4-5,7H,2-3,6,8-9,19H2,1H3,(H,20,22). The predicted octanol–water partition coefficient (Wildman–Crippen LogP) is 1.41. The van der Waals surface area contributed by atoms with Gasteiger partial charge in [-0.05, 0) is 24.6 Å². The van der Waals surface area contributed by atoms with Gasteiger partial charge in [-0.1, -0.05) is 13.3 Å². The Morgan fingerprint density at radius 2 is 1.92 bits per heavy atom. The number of alkyl halides is 2. The van der Waals surface area contributed by atoms with Gasteiger partial charge in [-0.3, -0.25) is 19.3 Å². The number of amides is 3. The quantitative estimate of drug-likeness (QED) is 0.735. The summed E-state index contributed by atoms with van der Waals surface area (Å²) >= 11 is 0. The first-order valence-electron chi connectivity index (χ1n) is 7.67. The van der Waals surface area contributed by atoms with E-state index in [2.05, 4.69) is 5.32 Å². The van der Waals surface area contributed by atoms with Gasteiger partial charge in [0.05, 0.1) is 24.2 Å². The van der Waals surface area contributed by atoms with Crippen molar-refractivity contribution in [3.05, 3.63) is 34.9 Å². The van der Waals surface area contributed by atoms with Gasteiger partial charge in [-0.25, -0.2) is 8.78 Å². The van der Waals surface area contributed by atoms with Gasteiger partial charge in [0.25, 0.3) is 23.6 Å². The Bertz CT molecular complexity index is 677. The second kappa shape index (κ2) is 7.04. The molecule has 1 heterocycles. The highest BCUT2D eigenvalue weighted by Gasteiger charge is 2.35. The molecule has 0 saturated carbocycles. The highest BCUT2D eigenvalue weighted by molar-refractivity contribution is 6.22. The molecule has 130 valence electrons. The van der Waals surface area contributed by atoms with Gasteiger partial charge >= 0.3 is 0 Å². The Labute approximate surface area is 138 Å². The fraction of sp³-hybridized carbons (Fsp3) is 0.438. The molecule has 0 atom stereocenters. The largest absolute Gasteiger partial charge is 0.346 e. The Morgan fingerprint density at radius 1 is 1.25 bits per heavy atom. The van der Waals surface area contributed by atoms with Crippen LogP contribution in [0.2, 0.25) is 0 Å². The molecule has 2 rings (SSSR count). The molecule has 3 N–H and O–H groups in total. The molecule has 0 saturated heterocycles. The molecule has 0 unspecified atom stereocenters. The summed E-state index contributed by atoms with van der Waals surface area (Å²) in [5.74, 6) is -4.82. The highest BCUT2D eigenvalue weighted by Crippen LogP contribution is 2.24. The topological polar surface area (TPSA) is 92.5 Å². The molecule has 6 nitrogen and oxygen atoms in total. The van der Waals surface area contributed by atoms with Crippen LogP contribution < -0.4 is 11.1 Å². The lowest BCUT2D eigenvalue weighted by Gasteiger charge is -2.14. The van der Waals surface area contributed by atoms with Crippen LogP contribution in [-0.2, 0) is 0 Å². The van der Waals surface area contributed by atoms with Crippen LogP contribution in [0.1, 0.15) is 50.8 Å². The number of unbranched alkanes of at least 4 members (excludes halogenated alkanes) is 1. The lowest BCUT2D eigenvalue weighted by atomic mass is 10.1. The van der Waals surface area contributed by atoms with Crippen molar-refractivity contribution in [2.75, 3.05) is 19.6 Å². The number of halogens is 2. The zero-order chi connectivity index (χ0) is 17.9. The van der Waals surface area contributed by atoms with E-state index in [0.29, 0.717) is 13.0 Å². The zero-order valence-electron chi connectivity index (χ0n) is 13.3. The summed E-state index contributed by atoms with van der Waals surface area (Å²) in [6.45, 7) is 0.483. The number of hydrogen-bond acceptors (Lipinski definition) is 4. The van der Waals surface area contributed by atoms with Crippen molar-refractivity contribution in [3.63, 3.8) is 0 Å². The van der Waals surface area contributed by atoms with Crippen molar-refractivity contribution >= 4 is 17.7 Å². The molecule has 1 aliphatic rings. The number of benzene rings is 1. The number of nitrogens with two attached hydrogens (primary N) is 1. The minimum absolute atomic E-state index is 0.0417. The summed E-state index contributed by atoms with van der Waals surface area (Å²) < 4.78 is 26.2. The van der Waals surface area contributed by atoms with Gasteiger partial charge in [-0.15, -0.1) is 0 Å². The number of rotatable bonds is 7. The molecule has 0 fully saturated rings. The molecular weight excluding hydrogens is 320 g/mol. The molecule has 1 aromatic rings. The number of nitrogens with one attached hydrogen (secondary N) is 1. The van der Waals surface area contributed by atoms with Gasteiger partial charge in [0, 0.05) is 12.1 Å². The van der Waals surface area contributed by atoms with Gasteiger partial charge in [0.2, 0.25) is 0 Å². The van der Waals surface area contributed by atoms with E-state index in [-0.39, 0.29) is 16.7 Å². The molecule has 3 amide bonds. The van der Waals surface area contributed by atoms with E-state index < -0.39 is 36.7 Å². The molecular formula is C16H19F2N3O3. The average Bonchev–Trinajstić information content (AvgIpc) is 2.81. The van der Waals surface area contributed by atoms with Crippen LogP contribution >= 0.6 is 0 Å². The third-order valence-corrected chi connectivity index (χ3v) is 3.77. The maximum absolute atomic E-state index is 13.1. The lowest BCUT2D eigenvalue weighted by Crippen LogP contribution is -2.41. The number of hydrogen-bond donors (Lipinski definition) is 2. The highest BCUT2D eigenvalue weighted by atomic mass is 19.3. The van der Waals surface area contributed by atoms with E-state index in [1.807, 2.05) is 6.92 Å². The van der Waals surface area contributed by atoms with Gasteiger partial charge < -0.3 is 11.1 Å². The minimum atomic E-state index is -3.20. The van der Waals surface area contributed by atoms with Gasteiger partial charge in [-0.2, -0.15) is 0 Å². The summed E-state index contributed by atoms with van der Waals surface area (Å²) in [5, 5.41) is 2.07. The molecule has 0 aromatic heterocycles. The number of imide groups is 1. The zero-order valence-corrected chi connectivity index (χ0v) is 13.3.